The molecule has 4 rings (SSSR count). The Bertz CT molecular complexity index is 1320. The number of nitrogen functional groups attached to an aromatic ring is 1. The van der Waals surface area contributed by atoms with Crippen molar-refractivity contribution >= 4 is 34.7 Å². The molecule has 0 saturated heterocycles. The number of aromatic amines is 1. The van der Waals surface area contributed by atoms with Crippen molar-refractivity contribution in [1.82, 2.24) is 9.55 Å². The molecule has 1 aromatic carbocycles. The first-order valence-corrected chi connectivity index (χ1v) is 12.5. The highest BCUT2D eigenvalue weighted by Crippen LogP contribution is 2.29. The third-order valence-electron chi connectivity index (χ3n) is 6.06. The first-order valence-electron chi connectivity index (χ1n) is 11.6. The molecule has 0 bridgehead atoms. The van der Waals surface area contributed by atoms with E-state index in [1.54, 1.807) is 6.92 Å². The summed E-state index contributed by atoms with van der Waals surface area (Å²) in [6.07, 6.45) is 5.29. The third-order valence-corrected chi connectivity index (χ3v) is 7.28. The largest absolute Gasteiger partial charge is 0.451 e. The van der Waals surface area contributed by atoms with Crippen molar-refractivity contribution in [2.75, 3.05) is 23.8 Å². The maximum atomic E-state index is 13.0. The van der Waals surface area contributed by atoms with Gasteiger partial charge in [-0.25, -0.2) is 9.59 Å². The molecule has 1 amide bonds. The van der Waals surface area contributed by atoms with Crippen molar-refractivity contribution < 1.29 is 14.3 Å². The standard InChI is InChI=1S/C25H28N4O5S/c1-2-28(20(30)15-34-24(32)19-13-17-11-7-4-8-12-18(17)35-19)21-22(26)29(25(33)27-23(21)31)14-16-9-5-3-6-10-16/h3,5-6,9-10,13H,2,4,7-8,11-12,14-15,26H2,1H3,(H,27,31,33). The van der Waals surface area contributed by atoms with Crippen molar-refractivity contribution in [2.24, 2.45) is 0 Å². The summed E-state index contributed by atoms with van der Waals surface area (Å²) in [6, 6.07) is 11.0. The number of rotatable bonds is 7. The number of anilines is 2. The van der Waals surface area contributed by atoms with Crippen LogP contribution in [0.2, 0.25) is 0 Å². The lowest BCUT2D eigenvalue weighted by Gasteiger charge is -2.23. The van der Waals surface area contributed by atoms with Crippen molar-refractivity contribution in [3.05, 3.63) is 78.1 Å². The Kier molecular flexibility index (Phi) is 7.50. The number of nitrogens with two attached hydrogens (primary N) is 1. The molecule has 0 radical (unpaired) electrons. The summed E-state index contributed by atoms with van der Waals surface area (Å²) in [4.78, 5) is 55.7. The smallest absolute Gasteiger partial charge is 0.348 e. The summed E-state index contributed by atoms with van der Waals surface area (Å²) in [5.74, 6) is -1.31. The van der Waals surface area contributed by atoms with Crippen LogP contribution in [0.15, 0.2) is 46.0 Å². The summed E-state index contributed by atoms with van der Waals surface area (Å²) in [5, 5.41) is 0. The van der Waals surface area contributed by atoms with Gasteiger partial charge in [-0.1, -0.05) is 36.8 Å². The monoisotopic (exact) mass is 496 g/mol. The van der Waals surface area contributed by atoms with Gasteiger partial charge in [0, 0.05) is 11.4 Å². The zero-order valence-electron chi connectivity index (χ0n) is 19.5. The van der Waals surface area contributed by atoms with Gasteiger partial charge in [-0.2, -0.15) is 0 Å². The molecule has 0 saturated carbocycles. The van der Waals surface area contributed by atoms with Gasteiger partial charge < -0.3 is 15.4 Å². The first kappa shape index (κ1) is 24.5. The number of likely N-dealkylation sites (N-methyl/N-ethyl adjacent to an activating group) is 1. The molecular weight excluding hydrogens is 468 g/mol. The van der Waals surface area contributed by atoms with E-state index in [2.05, 4.69) is 4.98 Å². The van der Waals surface area contributed by atoms with Gasteiger partial charge in [0.1, 0.15) is 10.7 Å². The van der Waals surface area contributed by atoms with Gasteiger partial charge >= 0.3 is 11.7 Å². The number of carbonyl (C=O) groups excluding carboxylic acids is 2. The number of benzene rings is 1. The fourth-order valence-corrected chi connectivity index (χ4v) is 5.41. The van der Waals surface area contributed by atoms with Crippen molar-refractivity contribution in [3.8, 4) is 0 Å². The Morgan fingerprint density at radius 2 is 1.89 bits per heavy atom. The topological polar surface area (TPSA) is 127 Å². The number of nitrogens with zero attached hydrogens (tertiary/aromatic N) is 2. The van der Waals surface area contributed by atoms with E-state index < -0.39 is 29.7 Å². The van der Waals surface area contributed by atoms with Gasteiger partial charge in [-0.05, 0) is 49.8 Å². The summed E-state index contributed by atoms with van der Waals surface area (Å²) in [6.45, 7) is 1.34. The van der Waals surface area contributed by atoms with Crippen LogP contribution in [0.1, 0.15) is 51.9 Å². The number of amides is 1. The molecule has 2 heterocycles. The second-order valence-electron chi connectivity index (χ2n) is 8.40. The Morgan fingerprint density at radius 1 is 1.14 bits per heavy atom. The zero-order chi connectivity index (χ0) is 24.9. The highest BCUT2D eigenvalue weighted by atomic mass is 32.1. The molecule has 2 aromatic heterocycles. The average molecular weight is 497 g/mol. The van der Waals surface area contributed by atoms with Gasteiger partial charge in [-0.15, -0.1) is 11.3 Å². The van der Waals surface area contributed by atoms with Gasteiger partial charge in [-0.3, -0.25) is 19.1 Å². The van der Waals surface area contributed by atoms with Crippen LogP contribution in [-0.2, 0) is 28.9 Å². The van der Waals surface area contributed by atoms with E-state index in [1.165, 1.54) is 32.8 Å². The molecule has 3 N–H and O–H groups in total. The molecule has 0 unspecified atom stereocenters. The number of H-pyrrole nitrogens is 1. The molecule has 9 nitrogen and oxygen atoms in total. The lowest BCUT2D eigenvalue weighted by molar-refractivity contribution is -0.121. The molecule has 0 aliphatic heterocycles. The number of carbonyl (C=O) groups is 2. The highest BCUT2D eigenvalue weighted by molar-refractivity contribution is 7.14. The molecular formula is C25H28N4O5S. The third kappa shape index (κ3) is 5.37. The second kappa shape index (κ2) is 10.7. The quantitative estimate of drug-likeness (QED) is 0.382. The van der Waals surface area contributed by atoms with Crippen LogP contribution in [0.3, 0.4) is 0 Å². The number of hydrogen-bond acceptors (Lipinski definition) is 7. The van der Waals surface area contributed by atoms with E-state index in [0.29, 0.717) is 4.88 Å². The van der Waals surface area contributed by atoms with E-state index in [-0.39, 0.29) is 24.6 Å². The Balaban J connectivity index is 1.51. The minimum Gasteiger partial charge on any atom is -0.451 e. The Hall–Kier alpha value is -3.66. The van der Waals surface area contributed by atoms with Gasteiger partial charge in [0.25, 0.3) is 11.5 Å². The van der Waals surface area contributed by atoms with Gasteiger partial charge in [0.05, 0.1) is 6.54 Å². The molecule has 1 aliphatic rings. The second-order valence-corrected chi connectivity index (χ2v) is 9.54. The summed E-state index contributed by atoms with van der Waals surface area (Å²) >= 11 is 1.42. The first-order chi connectivity index (χ1) is 16.9. The van der Waals surface area contributed by atoms with Crippen LogP contribution in [0.4, 0.5) is 11.5 Å². The molecule has 1 aliphatic carbocycles. The number of esters is 1. The van der Waals surface area contributed by atoms with E-state index in [0.717, 1.165) is 36.1 Å². The van der Waals surface area contributed by atoms with E-state index in [4.69, 9.17) is 10.5 Å². The van der Waals surface area contributed by atoms with Crippen molar-refractivity contribution in [3.63, 3.8) is 0 Å². The highest BCUT2D eigenvalue weighted by Gasteiger charge is 2.25. The number of aryl methyl sites for hydroxylation is 2. The van der Waals surface area contributed by atoms with Crippen LogP contribution in [0.5, 0.6) is 0 Å². The average Bonchev–Trinajstić information content (AvgIpc) is 3.13. The fourth-order valence-electron chi connectivity index (χ4n) is 4.26. The zero-order valence-corrected chi connectivity index (χ0v) is 20.4. The van der Waals surface area contributed by atoms with Gasteiger partial charge in [0.2, 0.25) is 0 Å². The minimum absolute atomic E-state index is 0.0977. The lowest BCUT2D eigenvalue weighted by Crippen LogP contribution is -2.42. The molecule has 184 valence electrons. The number of ether oxygens (including phenoxy) is 1. The van der Waals surface area contributed by atoms with Gasteiger partial charge in [0.15, 0.2) is 12.3 Å². The van der Waals surface area contributed by atoms with Crippen molar-refractivity contribution in [1.29, 1.82) is 0 Å². The molecule has 0 spiro atoms. The molecule has 35 heavy (non-hydrogen) atoms. The SMILES string of the molecule is CCN(C(=O)COC(=O)c1cc2c(s1)CCCCC2)c1c(N)n(Cc2ccccc2)c(=O)[nH]c1=O. The predicted octanol–water partition coefficient (Wildman–Crippen LogP) is 2.71. The van der Waals surface area contributed by atoms with Crippen LogP contribution >= 0.6 is 11.3 Å². The predicted molar refractivity (Wildman–Crippen MR) is 135 cm³/mol. The summed E-state index contributed by atoms with van der Waals surface area (Å²) in [5.41, 5.74) is 6.59. The Labute approximate surface area is 206 Å². The normalized spacial score (nSPS) is 13.1. The number of thiophene rings is 1. The molecule has 0 atom stereocenters. The Morgan fingerprint density at radius 3 is 2.63 bits per heavy atom. The van der Waals surface area contributed by atoms with E-state index in [9.17, 15) is 19.2 Å². The maximum absolute atomic E-state index is 13.0. The lowest BCUT2D eigenvalue weighted by atomic mass is 10.1. The number of fused-ring (bicyclic) bond motifs is 1. The van der Waals surface area contributed by atoms with Crippen LogP contribution in [0.25, 0.3) is 0 Å². The molecule has 10 heteroatoms. The van der Waals surface area contributed by atoms with E-state index >= 15 is 0 Å². The van der Waals surface area contributed by atoms with Crippen molar-refractivity contribution in [2.45, 2.75) is 45.6 Å². The molecule has 3 aromatic rings. The number of hydrogen-bond donors (Lipinski definition) is 2. The maximum Gasteiger partial charge on any atom is 0.348 e. The van der Waals surface area contributed by atoms with Crippen LogP contribution in [-0.4, -0.2) is 34.6 Å². The number of nitrogens with one attached hydrogen (secondary N) is 1. The fraction of sp³-hybridized carbons (Fsp3) is 0.360. The minimum atomic E-state index is -0.777. The van der Waals surface area contributed by atoms with Crippen LogP contribution < -0.4 is 21.9 Å². The summed E-state index contributed by atoms with van der Waals surface area (Å²) < 4.78 is 6.49. The number of aromatic nitrogens is 2. The summed E-state index contributed by atoms with van der Waals surface area (Å²) in [7, 11) is 0. The van der Waals surface area contributed by atoms with E-state index in [1.807, 2.05) is 36.4 Å². The van der Waals surface area contributed by atoms with Crippen LogP contribution in [0, 0.1) is 0 Å². The molecule has 0 fully saturated rings.